The molecule has 3 nitrogen and oxygen atoms in total. The third-order valence-corrected chi connectivity index (χ3v) is 2.61. The van der Waals surface area contributed by atoms with Crippen LogP contribution in [0.1, 0.15) is 39.5 Å². The van der Waals surface area contributed by atoms with E-state index >= 15 is 0 Å². The second-order valence-corrected chi connectivity index (χ2v) is 5.18. The van der Waals surface area contributed by atoms with E-state index in [1.54, 1.807) is 0 Å². The molecule has 0 aromatic heterocycles. The average molecular weight is 215 g/mol. The average Bonchev–Trinajstić information content (AvgIpc) is 2.91. The summed E-state index contributed by atoms with van der Waals surface area (Å²) in [6.07, 6.45) is 4.60. The monoisotopic (exact) mass is 215 g/mol. The number of hydrogen-bond acceptors (Lipinski definition) is 3. The Labute approximate surface area is 93.2 Å². The van der Waals surface area contributed by atoms with Crippen LogP contribution in [0.3, 0.4) is 0 Å². The van der Waals surface area contributed by atoms with Gasteiger partial charge in [-0.05, 0) is 58.5 Å². The van der Waals surface area contributed by atoms with E-state index in [0.29, 0.717) is 0 Å². The van der Waals surface area contributed by atoms with E-state index in [9.17, 15) is 5.11 Å². The molecular formula is C12H25NO2. The van der Waals surface area contributed by atoms with E-state index in [-0.39, 0.29) is 0 Å². The van der Waals surface area contributed by atoms with Gasteiger partial charge in [0.25, 0.3) is 0 Å². The van der Waals surface area contributed by atoms with Gasteiger partial charge < -0.3 is 15.2 Å². The van der Waals surface area contributed by atoms with E-state index in [0.717, 1.165) is 45.1 Å². The van der Waals surface area contributed by atoms with Crippen molar-refractivity contribution in [3.05, 3.63) is 0 Å². The standard InChI is InChI=1S/C12H25NO2/c1-12(2,14)6-8-13-7-3-9-15-10-11-4-5-11/h11,13-14H,3-10H2,1-2H3. The van der Waals surface area contributed by atoms with E-state index in [4.69, 9.17) is 4.74 Å². The van der Waals surface area contributed by atoms with Gasteiger partial charge in [-0.25, -0.2) is 0 Å². The molecule has 0 saturated heterocycles. The summed E-state index contributed by atoms with van der Waals surface area (Å²) in [6, 6.07) is 0. The van der Waals surface area contributed by atoms with Crippen molar-refractivity contribution < 1.29 is 9.84 Å². The molecule has 0 amide bonds. The van der Waals surface area contributed by atoms with Gasteiger partial charge in [-0.2, -0.15) is 0 Å². The predicted molar refractivity (Wildman–Crippen MR) is 61.9 cm³/mol. The van der Waals surface area contributed by atoms with Crippen LogP contribution in [0.4, 0.5) is 0 Å². The fourth-order valence-corrected chi connectivity index (χ4v) is 1.35. The number of nitrogens with one attached hydrogen (secondary N) is 1. The van der Waals surface area contributed by atoms with Crippen LogP contribution in [-0.2, 0) is 4.74 Å². The lowest BCUT2D eigenvalue weighted by atomic mass is 10.1. The van der Waals surface area contributed by atoms with Crippen molar-refractivity contribution in [2.75, 3.05) is 26.3 Å². The van der Waals surface area contributed by atoms with Crippen molar-refractivity contribution in [2.45, 2.75) is 45.1 Å². The van der Waals surface area contributed by atoms with Gasteiger partial charge in [-0.1, -0.05) is 0 Å². The van der Waals surface area contributed by atoms with E-state index in [1.807, 2.05) is 13.8 Å². The third kappa shape index (κ3) is 8.85. The molecule has 0 spiro atoms. The summed E-state index contributed by atoms with van der Waals surface area (Å²) in [5, 5.41) is 12.8. The van der Waals surface area contributed by atoms with Crippen LogP contribution in [0.25, 0.3) is 0 Å². The number of ether oxygens (including phenoxy) is 1. The fourth-order valence-electron chi connectivity index (χ4n) is 1.35. The normalized spacial score (nSPS) is 17.0. The molecule has 1 fully saturated rings. The minimum absolute atomic E-state index is 0.546. The van der Waals surface area contributed by atoms with Gasteiger partial charge in [0.2, 0.25) is 0 Å². The summed E-state index contributed by atoms with van der Waals surface area (Å²) in [5.41, 5.74) is -0.546. The third-order valence-electron chi connectivity index (χ3n) is 2.61. The van der Waals surface area contributed by atoms with Gasteiger partial charge in [0.05, 0.1) is 5.60 Å². The maximum atomic E-state index is 9.46. The Hall–Kier alpha value is -0.120. The Bertz CT molecular complexity index is 161. The van der Waals surface area contributed by atoms with Crippen molar-refractivity contribution in [1.82, 2.24) is 5.32 Å². The highest BCUT2D eigenvalue weighted by atomic mass is 16.5. The Kier molecular flexibility index (Phi) is 5.58. The highest BCUT2D eigenvalue weighted by Gasteiger charge is 2.20. The molecule has 0 bridgehead atoms. The summed E-state index contributed by atoms with van der Waals surface area (Å²) in [7, 11) is 0. The lowest BCUT2D eigenvalue weighted by Crippen LogP contribution is -2.27. The molecule has 1 rings (SSSR count). The molecule has 15 heavy (non-hydrogen) atoms. The van der Waals surface area contributed by atoms with Crippen LogP contribution in [0.5, 0.6) is 0 Å². The Morgan fingerprint density at radius 1 is 1.33 bits per heavy atom. The predicted octanol–water partition coefficient (Wildman–Crippen LogP) is 1.55. The first-order valence-electron chi connectivity index (χ1n) is 6.09. The van der Waals surface area contributed by atoms with Crippen LogP contribution < -0.4 is 5.32 Å². The first-order chi connectivity index (χ1) is 7.08. The molecule has 0 aromatic carbocycles. The van der Waals surface area contributed by atoms with Gasteiger partial charge in [0.1, 0.15) is 0 Å². The van der Waals surface area contributed by atoms with E-state index in [2.05, 4.69) is 5.32 Å². The quantitative estimate of drug-likeness (QED) is 0.573. The SMILES string of the molecule is CC(C)(O)CCNCCCOCC1CC1. The zero-order valence-electron chi connectivity index (χ0n) is 10.1. The second kappa shape index (κ2) is 6.46. The van der Waals surface area contributed by atoms with Crippen LogP contribution in [-0.4, -0.2) is 37.0 Å². The molecule has 0 aliphatic heterocycles. The van der Waals surface area contributed by atoms with Crippen molar-refractivity contribution in [2.24, 2.45) is 5.92 Å². The van der Waals surface area contributed by atoms with E-state index in [1.165, 1.54) is 12.8 Å². The summed E-state index contributed by atoms with van der Waals surface area (Å²) >= 11 is 0. The van der Waals surface area contributed by atoms with Gasteiger partial charge in [-0.15, -0.1) is 0 Å². The molecule has 2 N–H and O–H groups in total. The number of hydrogen-bond donors (Lipinski definition) is 2. The molecule has 90 valence electrons. The molecule has 0 atom stereocenters. The van der Waals surface area contributed by atoms with E-state index < -0.39 is 5.60 Å². The van der Waals surface area contributed by atoms with Crippen molar-refractivity contribution in [1.29, 1.82) is 0 Å². The minimum Gasteiger partial charge on any atom is -0.390 e. The summed E-state index contributed by atoms with van der Waals surface area (Å²) in [5.74, 6) is 0.869. The highest BCUT2D eigenvalue weighted by molar-refractivity contribution is 4.72. The Morgan fingerprint density at radius 2 is 2.07 bits per heavy atom. The Balaban J connectivity index is 1.72. The summed E-state index contributed by atoms with van der Waals surface area (Å²) in [6.45, 7) is 7.38. The molecule has 1 aliphatic carbocycles. The van der Waals surface area contributed by atoms with Crippen LogP contribution >= 0.6 is 0 Å². The molecule has 1 aliphatic rings. The molecule has 3 heteroatoms. The van der Waals surface area contributed by atoms with Crippen LogP contribution in [0, 0.1) is 5.92 Å². The number of aliphatic hydroxyl groups is 1. The smallest absolute Gasteiger partial charge is 0.0603 e. The van der Waals surface area contributed by atoms with Gasteiger partial charge in [0.15, 0.2) is 0 Å². The molecule has 1 saturated carbocycles. The molecule has 0 heterocycles. The zero-order chi connectivity index (χ0) is 11.1. The first kappa shape index (κ1) is 12.9. The second-order valence-electron chi connectivity index (χ2n) is 5.18. The molecular weight excluding hydrogens is 190 g/mol. The summed E-state index contributed by atoms with van der Waals surface area (Å²) < 4.78 is 5.52. The van der Waals surface area contributed by atoms with Gasteiger partial charge in [-0.3, -0.25) is 0 Å². The maximum absolute atomic E-state index is 9.46. The van der Waals surface area contributed by atoms with Gasteiger partial charge in [0, 0.05) is 13.2 Å². The number of rotatable bonds is 9. The van der Waals surface area contributed by atoms with Crippen molar-refractivity contribution in [3.8, 4) is 0 Å². The van der Waals surface area contributed by atoms with Crippen molar-refractivity contribution >= 4 is 0 Å². The lowest BCUT2D eigenvalue weighted by Gasteiger charge is -2.16. The van der Waals surface area contributed by atoms with Crippen molar-refractivity contribution in [3.63, 3.8) is 0 Å². The first-order valence-corrected chi connectivity index (χ1v) is 6.09. The van der Waals surface area contributed by atoms with Crippen LogP contribution in [0.15, 0.2) is 0 Å². The fraction of sp³-hybridized carbons (Fsp3) is 1.00. The van der Waals surface area contributed by atoms with Gasteiger partial charge >= 0.3 is 0 Å². The lowest BCUT2D eigenvalue weighted by molar-refractivity contribution is 0.0708. The molecule has 0 aromatic rings. The highest BCUT2D eigenvalue weighted by Crippen LogP contribution is 2.28. The molecule has 0 unspecified atom stereocenters. The maximum Gasteiger partial charge on any atom is 0.0603 e. The molecule has 0 radical (unpaired) electrons. The van der Waals surface area contributed by atoms with Crippen LogP contribution in [0.2, 0.25) is 0 Å². The largest absolute Gasteiger partial charge is 0.390 e. The Morgan fingerprint density at radius 3 is 2.67 bits per heavy atom. The summed E-state index contributed by atoms with van der Waals surface area (Å²) in [4.78, 5) is 0. The minimum atomic E-state index is -0.546. The topological polar surface area (TPSA) is 41.5 Å². The zero-order valence-corrected chi connectivity index (χ0v) is 10.1.